The van der Waals surface area contributed by atoms with E-state index in [9.17, 15) is 14.4 Å². The summed E-state index contributed by atoms with van der Waals surface area (Å²) in [5, 5.41) is 6.06. The van der Waals surface area contributed by atoms with E-state index >= 15 is 0 Å². The molecule has 0 saturated heterocycles. The Labute approximate surface area is 191 Å². The molecule has 0 radical (unpaired) electrons. The van der Waals surface area contributed by atoms with Gasteiger partial charge in [0.1, 0.15) is 0 Å². The van der Waals surface area contributed by atoms with Gasteiger partial charge in [-0.25, -0.2) is 4.98 Å². The molecule has 0 unspecified atom stereocenters. The number of rotatable bonds is 9. The van der Waals surface area contributed by atoms with Crippen molar-refractivity contribution in [3.63, 3.8) is 0 Å². The molecular formula is C25H25N3O3S. The van der Waals surface area contributed by atoms with Crippen molar-refractivity contribution in [3.05, 3.63) is 86.9 Å². The molecule has 2 aromatic carbocycles. The summed E-state index contributed by atoms with van der Waals surface area (Å²) < 4.78 is 0. The van der Waals surface area contributed by atoms with E-state index in [0.717, 1.165) is 35.5 Å². The van der Waals surface area contributed by atoms with Crippen LogP contribution < -0.4 is 5.32 Å². The maximum atomic E-state index is 12.8. The monoisotopic (exact) mass is 447 g/mol. The number of amides is 3. The van der Waals surface area contributed by atoms with Gasteiger partial charge >= 0.3 is 0 Å². The van der Waals surface area contributed by atoms with E-state index in [2.05, 4.69) is 10.3 Å². The number of hydrogen-bond acceptors (Lipinski definition) is 5. The Balaban J connectivity index is 1.30. The second kappa shape index (κ2) is 9.87. The van der Waals surface area contributed by atoms with Gasteiger partial charge in [0.05, 0.1) is 16.1 Å². The van der Waals surface area contributed by atoms with Crippen LogP contribution in [0.2, 0.25) is 0 Å². The third-order valence-electron chi connectivity index (χ3n) is 5.47. The topological polar surface area (TPSA) is 79.4 Å². The highest BCUT2D eigenvalue weighted by Gasteiger charge is 2.35. The Morgan fingerprint density at radius 1 is 1.00 bits per heavy atom. The minimum absolute atomic E-state index is 0.235. The number of imide groups is 1. The number of aryl methyl sites for hydroxylation is 2. The van der Waals surface area contributed by atoms with Crippen molar-refractivity contribution in [2.24, 2.45) is 0 Å². The SMILES string of the molecule is Cc1csc(CCCCNC(=O)c2ccc3c(c2)C(=O)N(CCc2ccccc2)C3=O)n1. The zero-order valence-electron chi connectivity index (χ0n) is 18.0. The summed E-state index contributed by atoms with van der Waals surface area (Å²) >= 11 is 1.66. The van der Waals surface area contributed by atoms with Gasteiger partial charge in [-0.3, -0.25) is 19.3 Å². The van der Waals surface area contributed by atoms with Crippen LogP contribution in [0.3, 0.4) is 0 Å². The van der Waals surface area contributed by atoms with Crippen LogP contribution in [0.5, 0.6) is 0 Å². The lowest BCUT2D eigenvalue weighted by molar-refractivity contribution is 0.0656. The van der Waals surface area contributed by atoms with Crippen molar-refractivity contribution >= 4 is 29.1 Å². The van der Waals surface area contributed by atoms with Gasteiger partial charge in [-0.2, -0.15) is 0 Å². The van der Waals surface area contributed by atoms with Gasteiger partial charge in [-0.1, -0.05) is 30.3 Å². The van der Waals surface area contributed by atoms with Gasteiger partial charge < -0.3 is 5.32 Å². The molecule has 0 saturated carbocycles. The van der Waals surface area contributed by atoms with E-state index in [0.29, 0.717) is 36.2 Å². The number of thiazole rings is 1. The normalized spacial score (nSPS) is 12.8. The third-order valence-corrected chi connectivity index (χ3v) is 6.50. The standard InChI is InChI=1S/C25H25N3O3S/c1-17-16-32-22(27-17)9-5-6-13-26-23(29)19-10-11-20-21(15-19)25(31)28(24(20)30)14-12-18-7-3-2-4-8-18/h2-4,7-8,10-11,15-16H,5-6,9,12-14H2,1H3,(H,26,29). The van der Waals surface area contributed by atoms with Crippen molar-refractivity contribution in [1.29, 1.82) is 0 Å². The van der Waals surface area contributed by atoms with Crippen molar-refractivity contribution in [2.75, 3.05) is 13.1 Å². The van der Waals surface area contributed by atoms with Crippen molar-refractivity contribution < 1.29 is 14.4 Å². The third kappa shape index (κ3) is 4.94. The number of carbonyl (C=O) groups excluding carboxylic acids is 3. The van der Waals surface area contributed by atoms with Crippen molar-refractivity contribution in [2.45, 2.75) is 32.6 Å². The molecule has 1 aromatic heterocycles. The Hall–Kier alpha value is -3.32. The molecule has 0 atom stereocenters. The van der Waals surface area contributed by atoms with Gasteiger partial charge in [0, 0.05) is 29.7 Å². The van der Waals surface area contributed by atoms with Crippen LogP contribution in [0.1, 0.15) is 60.2 Å². The minimum Gasteiger partial charge on any atom is -0.352 e. The Morgan fingerprint density at radius 3 is 2.53 bits per heavy atom. The summed E-state index contributed by atoms with van der Waals surface area (Å²) in [6, 6.07) is 14.5. The molecule has 0 aliphatic carbocycles. The van der Waals surface area contributed by atoms with E-state index in [1.165, 1.54) is 11.0 Å². The van der Waals surface area contributed by atoms with Crippen molar-refractivity contribution in [3.8, 4) is 0 Å². The van der Waals surface area contributed by atoms with Crippen LogP contribution in [0, 0.1) is 6.92 Å². The lowest BCUT2D eigenvalue weighted by Gasteiger charge is -2.13. The Kier molecular flexibility index (Phi) is 6.75. The molecule has 1 N–H and O–H groups in total. The molecule has 0 fully saturated rings. The highest BCUT2D eigenvalue weighted by molar-refractivity contribution is 7.09. The minimum atomic E-state index is -0.339. The lowest BCUT2D eigenvalue weighted by Crippen LogP contribution is -2.31. The number of nitrogens with zero attached hydrogens (tertiary/aromatic N) is 2. The summed E-state index contributed by atoms with van der Waals surface area (Å²) in [4.78, 5) is 43.7. The second-order valence-electron chi connectivity index (χ2n) is 7.85. The van der Waals surface area contributed by atoms with E-state index < -0.39 is 0 Å². The van der Waals surface area contributed by atoms with E-state index in [1.807, 2.05) is 42.6 Å². The predicted molar refractivity (Wildman–Crippen MR) is 124 cm³/mol. The molecule has 32 heavy (non-hydrogen) atoms. The first-order chi connectivity index (χ1) is 15.5. The summed E-state index contributed by atoms with van der Waals surface area (Å²) in [5.74, 6) is -0.875. The number of carbonyl (C=O) groups is 3. The molecule has 164 valence electrons. The van der Waals surface area contributed by atoms with Crippen LogP contribution in [-0.2, 0) is 12.8 Å². The summed E-state index contributed by atoms with van der Waals surface area (Å²) in [7, 11) is 0. The number of unbranched alkanes of at least 4 members (excludes halogenated alkanes) is 1. The fraction of sp³-hybridized carbons (Fsp3) is 0.280. The van der Waals surface area contributed by atoms with Gasteiger partial charge in [-0.05, 0) is 56.4 Å². The summed E-state index contributed by atoms with van der Waals surface area (Å²) in [5.41, 5.74) is 3.16. The molecule has 1 aliphatic heterocycles. The summed E-state index contributed by atoms with van der Waals surface area (Å²) in [6.07, 6.45) is 3.30. The first kappa shape index (κ1) is 21.9. The van der Waals surface area contributed by atoms with Crippen LogP contribution in [0.4, 0.5) is 0 Å². The highest BCUT2D eigenvalue weighted by atomic mass is 32.1. The van der Waals surface area contributed by atoms with Crippen molar-refractivity contribution in [1.82, 2.24) is 15.2 Å². The number of hydrogen-bond donors (Lipinski definition) is 1. The average molecular weight is 448 g/mol. The Morgan fingerprint density at radius 2 is 1.78 bits per heavy atom. The first-order valence-corrected chi connectivity index (χ1v) is 11.6. The van der Waals surface area contributed by atoms with Gasteiger partial charge in [-0.15, -0.1) is 11.3 Å². The number of nitrogens with one attached hydrogen (secondary N) is 1. The van der Waals surface area contributed by atoms with E-state index in [1.54, 1.807) is 23.5 Å². The van der Waals surface area contributed by atoms with Gasteiger partial charge in [0.25, 0.3) is 17.7 Å². The molecule has 3 amide bonds. The molecule has 1 aliphatic rings. The molecule has 6 nitrogen and oxygen atoms in total. The largest absolute Gasteiger partial charge is 0.352 e. The predicted octanol–water partition coefficient (Wildman–Crippen LogP) is 4.04. The number of aromatic nitrogens is 1. The highest BCUT2D eigenvalue weighted by Crippen LogP contribution is 2.24. The lowest BCUT2D eigenvalue weighted by atomic mass is 10.1. The van der Waals surface area contributed by atoms with Crippen LogP contribution in [0.15, 0.2) is 53.9 Å². The maximum Gasteiger partial charge on any atom is 0.261 e. The molecule has 0 bridgehead atoms. The smallest absolute Gasteiger partial charge is 0.261 e. The fourth-order valence-corrected chi connectivity index (χ4v) is 4.56. The van der Waals surface area contributed by atoms with Crippen LogP contribution in [-0.4, -0.2) is 40.7 Å². The van der Waals surface area contributed by atoms with Crippen LogP contribution >= 0.6 is 11.3 Å². The van der Waals surface area contributed by atoms with Gasteiger partial charge in [0.15, 0.2) is 0 Å². The molecule has 4 rings (SSSR count). The fourth-order valence-electron chi connectivity index (χ4n) is 3.74. The number of fused-ring (bicyclic) bond motifs is 1. The maximum absolute atomic E-state index is 12.8. The molecule has 7 heteroatoms. The second-order valence-corrected chi connectivity index (χ2v) is 8.80. The molecular weight excluding hydrogens is 422 g/mol. The molecule has 2 heterocycles. The summed E-state index contributed by atoms with van der Waals surface area (Å²) in [6.45, 7) is 2.85. The van der Waals surface area contributed by atoms with Gasteiger partial charge in [0.2, 0.25) is 0 Å². The average Bonchev–Trinajstić information content (AvgIpc) is 3.33. The molecule has 3 aromatic rings. The zero-order chi connectivity index (χ0) is 22.5. The molecule has 0 spiro atoms. The van der Waals surface area contributed by atoms with Crippen LogP contribution in [0.25, 0.3) is 0 Å². The Bertz CT molecular complexity index is 1140. The number of benzene rings is 2. The quantitative estimate of drug-likeness (QED) is 0.397. The van der Waals surface area contributed by atoms with E-state index in [4.69, 9.17) is 0 Å². The zero-order valence-corrected chi connectivity index (χ0v) is 18.8. The van der Waals surface area contributed by atoms with E-state index in [-0.39, 0.29) is 17.7 Å². The first-order valence-electron chi connectivity index (χ1n) is 10.8.